The molecule has 1 amide bonds. The molecule has 0 spiro atoms. The van der Waals surface area contributed by atoms with Crippen molar-refractivity contribution in [3.8, 4) is 0 Å². The van der Waals surface area contributed by atoms with Gasteiger partial charge in [0.2, 0.25) is 0 Å². The molecule has 17 heavy (non-hydrogen) atoms. The Balaban J connectivity index is 1.84. The lowest BCUT2D eigenvalue weighted by Gasteiger charge is -2.03. The lowest BCUT2D eigenvalue weighted by atomic mass is 10.2. The first-order valence-electron chi connectivity index (χ1n) is 5.32. The molecule has 1 aromatic heterocycles. The summed E-state index contributed by atoms with van der Waals surface area (Å²) in [5.41, 5.74) is 0.656. The molecule has 2 aromatic rings. The molecule has 0 aliphatic heterocycles. The van der Waals surface area contributed by atoms with Gasteiger partial charge in [-0.1, -0.05) is 18.2 Å². The van der Waals surface area contributed by atoms with Crippen LogP contribution in [0.2, 0.25) is 0 Å². The number of nitrogens with one attached hydrogen (secondary N) is 1. The molecule has 6 nitrogen and oxygen atoms in total. The summed E-state index contributed by atoms with van der Waals surface area (Å²) in [5, 5.41) is 13.9. The summed E-state index contributed by atoms with van der Waals surface area (Å²) < 4.78 is 1.59. The minimum absolute atomic E-state index is 0.0827. The zero-order valence-electron chi connectivity index (χ0n) is 9.50. The van der Waals surface area contributed by atoms with E-state index in [0.29, 0.717) is 18.5 Å². The Kier molecular flexibility index (Phi) is 3.44. The van der Waals surface area contributed by atoms with E-state index in [4.69, 9.17) is 0 Å². The Bertz CT molecular complexity index is 494. The summed E-state index contributed by atoms with van der Waals surface area (Å²) in [4.78, 5) is 11.7. The Morgan fingerprint density at radius 3 is 2.76 bits per heavy atom. The topological polar surface area (TPSA) is 72.7 Å². The van der Waals surface area contributed by atoms with Crippen molar-refractivity contribution in [1.82, 2.24) is 25.5 Å². The fraction of sp³-hybridized carbons (Fsp3) is 0.273. The quantitative estimate of drug-likeness (QED) is 0.814. The highest BCUT2D eigenvalue weighted by Crippen LogP contribution is 1.97. The second kappa shape index (κ2) is 5.20. The molecule has 0 aliphatic rings. The highest BCUT2D eigenvalue weighted by molar-refractivity contribution is 5.94. The molecule has 1 aromatic carbocycles. The maximum Gasteiger partial charge on any atom is 0.251 e. The molecule has 0 atom stereocenters. The number of carbonyl (C=O) groups is 1. The molecule has 0 fully saturated rings. The SMILES string of the molecule is Cn1nnnc1CCNC(=O)c1ccccc1. The van der Waals surface area contributed by atoms with Gasteiger partial charge in [-0.2, -0.15) is 0 Å². The number of hydrogen-bond donors (Lipinski definition) is 1. The van der Waals surface area contributed by atoms with Gasteiger partial charge >= 0.3 is 0 Å². The number of tetrazole rings is 1. The van der Waals surface area contributed by atoms with E-state index in [1.54, 1.807) is 23.9 Å². The van der Waals surface area contributed by atoms with Crippen LogP contribution in [0.15, 0.2) is 30.3 Å². The van der Waals surface area contributed by atoms with Gasteiger partial charge in [-0.15, -0.1) is 5.10 Å². The maximum atomic E-state index is 11.7. The van der Waals surface area contributed by atoms with Crippen molar-refractivity contribution in [3.05, 3.63) is 41.7 Å². The van der Waals surface area contributed by atoms with E-state index in [1.165, 1.54) is 0 Å². The van der Waals surface area contributed by atoms with Crippen LogP contribution in [0, 0.1) is 0 Å². The Morgan fingerprint density at radius 2 is 2.12 bits per heavy atom. The fourth-order valence-electron chi connectivity index (χ4n) is 1.44. The van der Waals surface area contributed by atoms with Gasteiger partial charge in [0.1, 0.15) is 0 Å². The van der Waals surface area contributed by atoms with E-state index in [1.807, 2.05) is 18.2 Å². The second-order valence-corrected chi connectivity index (χ2v) is 3.59. The van der Waals surface area contributed by atoms with Crippen LogP contribution in [0.1, 0.15) is 16.2 Å². The van der Waals surface area contributed by atoms with E-state index >= 15 is 0 Å². The number of benzene rings is 1. The van der Waals surface area contributed by atoms with Gasteiger partial charge in [-0.3, -0.25) is 4.79 Å². The minimum atomic E-state index is -0.0827. The van der Waals surface area contributed by atoms with Crippen LogP contribution in [0.5, 0.6) is 0 Å². The van der Waals surface area contributed by atoms with Crippen LogP contribution in [0.4, 0.5) is 0 Å². The molecule has 6 heteroatoms. The minimum Gasteiger partial charge on any atom is -0.352 e. The molecule has 1 heterocycles. The number of carbonyl (C=O) groups excluding carboxylic acids is 1. The molecule has 0 saturated heterocycles. The van der Waals surface area contributed by atoms with Crippen LogP contribution in [-0.2, 0) is 13.5 Å². The Morgan fingerprint density at radius 1 is 1.35 bits per heavy atom. The first-order chi connectivity index (χ1) is 8.27. The van der Waals surface area contributed by atoms with Crippen LogP contribution in [0.3, 0.4) is 0 Å². The molecule has 0 aliphatic carbocycles. The van der Waals surface area contributed by atoms with Crippen LogP contribution < -0.4 is 5.32 Å². The van der Waals surface area contributed by atoms with Crippen molar-refractivity contribution in [3.63, 3.8) is 0 Å². The first kappa shape index (κ1) is 11.3. The van der Waals surface area contributed by atoms with E-state index in [9.17, 15) is 4.79 Å². The lowest BCUT2D eigenvalue weighted by molar-refractivity contribution is 0.0954. The average Bonchev–Trinajstić information content (AvgIpc) is 2.76. The smallest absolute Gasteiger partial charge is 0.251 e. The molecule has 1 N–H and O–H groups in total. The van der Waals surface area contributed by atoms with Crippen LogP contribution in [-0.4, -0.2) is 32.7 Å². The predicted octanol–water partition coefficient (Wildman–Crippen LogP) is 0.183. The molecule has 0 radical (unpaired) electrons. The largest absolute Gasteiger partial charge is 0.352 e. The monoisotopic (exact) mass is 231 g/mol. The van der Waals surface area contributed by atoms with Gasteiger partial charge in [0.25, 0.3) is 5.91 Å². The van der Waals surface area contributed by atoms with Crippen molar-refractivity contribution in [1.29, 1.82) is 0 Å². The zero-order valence-corrected chi connectivity index (χ0v) is 9.50. The van der Waals surface area contributed by atoms with Crippen LogP contribution in [0.25, 0.3) is 0 Å². The van der Waals surface area contributed by atoms with Crippen LogP contribution >= 0.6 is 0 Å². The lowest BCUT2D eigenvalue weighted by Crippen LogP contribution is -2.26. The van der Waals surface area contributed by atoms with Gasteiger partial charge in [0.05, 0.1) is 0 Å². The summed E-state index contributed by atoms with van der Waals surface area (Å²) in [6.07, 6.45) is 0.613. The highest BCUT2D eigenvalue weighted by Gasteiger charge is 2.05. The predicted molar refractivity (Wildman–Crippen MR) is 61.3 cm³/mol. The maximum absolute atomic E-state index is 11.7. The van der Waals surface area contributed by atoms with Crippen molar-refractivity contribution in [2.75, 3.05) is 6.54 Å². The number of rotatable bonds is 4. The normalized spacial score (nSPS) is 10.2. The summed E-state index contributed by atoms with van der Waals surface area (Å²) >= 11 is 0. The number of aromatic nitrogens is 4. The molecule has 0 unspecified atom stereocenters. The van der Waals surface area contributed by atoms with E-state index < -0.39 is 0 Å². The number of aryl methyl sites for hydroxylation is 1. The fourth-order valence-corrected chi connectivity index (χ4v) is 1.44. The number of amides is 1. The molecular formula is C11H13N5O. The molecule has 88 valence electrons. The van der Waals surface area contributed by atoms with Crippen molar-refractivity contribution < 1.29 is 4.79 Å². The Hall–Kier alpha value is -2.24. The van der Waals surface area contributed by atoms with Gasteiger partial charge in [-0.25, -0.2) is 4.68 Å². The van der Waals surface area contributed by atoms with E-state index in [2.05, 4.69) is 20.8 Å². The van der Waals surface area contributed by atoms with Gasteiger partial charge in [-0.05, 0) is 22.6 Å². The molecule has 2 rings (SSSR count). The molecular weight excluding hydrogens is 218 g/mol. The van der Waals surface area contributed by atoms with Crippen molar-refractivity contribution in [2.45, 2.75) is 6.42 Å². The standard InChI is InChI=1S/C11H13N5O/c1-16-10(13-14-15-16)7-8-12-11(17)9-5-3-2-4-6-9/h2-6H,7-8H2,1H3,(H,12,17). The summed E-state index contributed by atoms with van der Waals surface area (Å²) in [6, 6.07) is 9.10. The highest BCUT2D eigenvalue weighted by atomic mass is 16.1. The van der Waals surface area contributed by atoms with E-state index in [-0.39, 0.29) is 5.91 Å². The molecule has 0 bridgehead atoms. The summed E-state index contributed by atoms with van der Waals surface area (Å²) in [7, 11) is 1.77. The van der Waals surface area contributed by atoms with E-state index in [0.717, 1.165) is 5.82 Å². The third kappa shape index (κ3) is 2.87. The number of nitrogens with zero attached hydrogens (tertiary/aromatic N) is 4. The third-order valence-corrected chi connectivity index (χ3v) is 2.38. The number of hydrogen-bond acceptors (Lipinski definition) is 4. The average molecular weight is 231 g/mol. The summed E-state index contributed by atoms with van der Waals surface area (Å²) in [5.74, 6) is 0.666. The summed E-state index contributed by atoms with van der Waals surface area (Å²) in [6.45, 7) is 0.516. The van der Waals surface area contributed by atoms with Crippen molar-refractivity contribution in [2.24, 2.45) is 7.05 Å². The zero-order chi connectivity index (χ0) is 12.1. The Labute approximate surface area is 98.6 Å². The van der Waals surface area contributed by atoms with Gasteiger partial charge in [0.15, 0.2) is 5.82 Å². The molecule has 0 saturated carbocycles. The van der Waals surface area contributed by atoms with Gasteiger partial charge in [0, 0.05) is 25.6 Å². The first-order valence-corrected chi connectivity index (χ1v) is 5.32. The third-order valence-electron chi connectivity index (χ3n) is 2.38. The van der Waals surface area contributed by atoms with Crippen molar-refractivity contribution >= 4 is 5.91 Å². The van der Waals surface area contributed by atoms with Gasteiger partial charge < -0.3 is 5.32 Å². The second-order valence-electron chi connectivity index (χ2n) is 3.59.